The summed E-state index contributed by atoms with van der Waals surface area (Å²) in [5.41, 5.74) is 8.75. The highest BCUT2D eigenvalue weighted by Crippen LogP contribution is 2.31. The number of benzene rings is 2. The van der Waals surface area contributed by atoms with E-state index in [0.717, 1.165) is 23.0 Å². The maximum Gasteiger partial charge on any atom is 0.490 e. The molecule has 4 aromatic rings. The van der Waals surface area contributed by atoms with Gasteiger partial charge < -0.3 is 24.7 Å². The number of nitrogens with zero attached hydrogens (tertiary/aromatic N) is 3. The number of halogens is 5. The van der Waals surface area contributed by atoms with Crippen LogP contribution in [0.4, 0.5) is 13.2 Å². The molecule has 198 valence electrons. The van der Waals surface area contributed by atoms with E-state index in [1.165, 1.54) is 0 Å². The Labute approximate surface area is 219 Å². The third kappa shape index (κ3) is 6.42. The van der Waals surface area contributed by atoms with Gasteiger partial charge in [0, 0.05) is 42.3 Å². The minimum atomic E-state index is -5.08. The van der Waals surface area contributed by atoms with Crippen LogP contribution in [0.5, 0.6) is 0 Å². The Morgan fingerprint density at radius 3 is 2.41 bits per heavy atom. The fraction of sp³-hybridized carbons (Fsp3) is 0.292. The minimum Gasteiger partial charge on any atom is -0.475 e. The number of carboxylic acids is 1. The van der Waals surface area contributed by atoms with E-state index in [2.05, 4.69) is 11.5 Å². The summed E-state index contributed by atoms with van der Waals surface area (Å²) in [5, 5.41) is 8.87. The van der Waals surface area contributed by atoms with Gasteiger partial charge >= 0.3 is 12.1 Å². The molecule has 37 heavy (non-hydrogen) atoms. The van der Waals surface area contributed by atoms with Gasteiger partial charge in [-0.1, -0.05) is 41.4 Å². The molecule has 2 heterocycles. The lowest BCUT2D eigenvalue weighted by atomic mass is 10.1. The zero-order chi connectivity index (χ0) is 27.3. The van der Waals surface area contributed by atoms with Crippen molar-refractivity contribution >= 4 is 51.1 Å². The van der Waals surface area contributed by atoms with Crippen molar-refractivity contribution in [3.8, 4) is 11.3 Å². The van der Waals surface area contributed by atoms with E-state index in [4.69, 9.17) is 48.6 Å². The normalized spacial score (nSPS) is 11.5. The summed E-state index contributed by atoms with van der Waals surface area (Å²) in [7, 11) is 0. The Morgan fingerprint density at radius 2 is 1.78 bits per heavy atom. The predicted octanol–water partition coefficient (Wildman–Crippen LogP) is 4.95. The van der Waals surface area contributed by atoms with Crippen LogP contribution < -0.4 is 11.3 Å². The van der Waals surface area contributed by atoms with Gasteiger partial charge in [-0.2, -0.15) is 13.2 Å². The standard InChI is InChI=1S/C22H22Cl2N4O2.C2HF3O2/c1-2-27-13-15(14-5-3-4-6-19(14)27)21-22(29)28(8-10-30-9-7-25)20-12-17(24)16(23)11-18(20)26-21;3-2(4,5)1(6)7/h3-6,11-13H,2,7-10,25H2,1H3;(H,6,7). The molecule has 2 aromatic carbocycles. The molecule has 0 bridgehead atoms. The second-order valence-corrected chi connectivity index (χ2v) is 8.54. The number of hydrogen-bond acceptors (Lipinski definition) is 5. The van der Waals surface area contributed by atoms with Crippen molar-refractivity contribution in [3.05, 3.63) is 63.0 Å². The molecule has 0 aliphatic rings. The molecule has 4 rings (SSSR count). The molecule has 13 heteroatoms. The highest BCUT2D eigenvalue weighted by atomic mass is 35.5. The van der Waals surface area contributed by atoms with Gasteiger partial charge in [-0.3, -0.25) is 4.79 Å². The van der Waals surface area contributed by atoms with Crippen LogP contribution in [0.25, 0.3) is 33.2 Å². The van der Waals surface area contributed by atoms with Gasteiger partial charge in [0.05, 0.1) is 34.3 Å². The molecule has 0 aliphatic carbocycles. The van der Waals surface area contributed by atoms with Crippen LogP contribution in [-0.2, 0) is 22.6 Å². The monoisotopic (exact) mass is 558 g/mol. The van der Waals surface area contributed by atoms with Crippen molar-refractivity contribution in [2.75, 3.05) is 19.8 Å². The minimum absolute atomic E-state index is 0.198. The van der Waals surface area contributed by atoms with Gasteiger partial charge in [0.1, 0.15) is 5.69 Å². The maximum atomic E-state index is 13.5. The molecular formula is C24H23Cl2F3N4O4. The number of aliphatic carboxylic acids is 1. The fourth-order valence-corrected chi connectivity index (χ4v) is 3.99. The van der Waals surface area contributed by atoms with Gasteiger partial charge in [0.25, 0.3) is 5.56 Å². The molecule has 0 unspecified atom stereocenters. The number of alkyl halides is 3. The Balaban J connectivity index is 0.000000479. The van der Waals surface area contributed by atoms with Crippen molar-refractivity contribution in [3.63, 3.8) is 0 Å². The third-order valence-corrected chi connectivity index (χ3v) is 6.06. The Kier molecular flexibility index (Phi) is 9.19. The number of carboxylic acid groups (broad SMARTS) is 1. The first kappa shape index (κ1) is 28.5. The van der Waals surface area contributed by atoms with Crippen molar-refractivity contribution < 1.29 is 27.8 Å². The van der Waals surface area contributed by atoms with Crippen LogP contribution in [0.2, 0.25) is 10.0 Å². The fourth-order valence-electron chi connectivity index (χ4n) is 3.67. The lowest BCUT2D eigenvalue weighted by molar-refractivity contribution is -0.192. The van der Waals surface area contributed by atoms with Crippen LogP contribution in [0.1, 0.15) is 6.92 Å². The van der Waals surface area contributed by atoms with Crippen LogP contribution in [0.3, 0.4) is 0 Å². The van der Waals surface area contributed by atoms with Crippen molar-refractivity contribution in [2.24, 2.45) is 5.73 Å². The second-order valence-electron chi connectivity index (χ2n) is 7.72. The van der Waals surface area contributed by atoms with E-state index in [9.17, 15) is 18.0 Å². The molecule has 0 amide bonds. The number of fused-ring (bicyclic) bond motifs is 2. The number of carbonyl (C=O) groups is 1. The summed E-state index contributed by atoms with van der Waals surface area (Å²) in [6, 6.07) is 11.4. The summed E-state index contributed by atoms with van der Waals surface area (Å²) in [5.74, 6) is -2.76. The zero-order valence-electron chi connectivity index (χ0n) is 19.6. The van der Waals surface area contributed by atoms with E-state index in [-0.39, 0.29) is 5.56 Å². The quantitative estimate of drug-likeness (QED) is 0.310. The zero-order valence-corrected chi connectivity index (χ0v) is 21.1. The van der Waals surface area contributed by atoms with Gasteiger partial charge in [-0.05, 0) is 25.1 Å². The van der Waals surface area contributed by atoms with Gasteiger partial charge in [0.15, 0.2) is 0 Å². The average molecular weight is 559 g/mol. The molecule has 0 aliphatic heterocycles. The number of aryl methyl sites for hydroxylation is 1. The number of aromatic nitrogens is 3. The van der Waals surface area contributed by atoms with Crippen LogP contribution in [0, 0.1) is 0 Å². The smallest absolute Gasteiger partial charge is 0.475 e. The maximum absolute atomic E-state index is 13.5. The Morgan fingerprint density at radius 1 is 1.14 bits per heavy atom. The number of para-hydroxylation sites is 1. The molecule has 0 spiro atoms. The highest BCUT2D eigenvalue weighted by Gasteiger charge is 2.38. The first-order valence-corrected chi connectivity index (χ1v) is 11.8. The second kappa shape index (κ2) is 12.0. The Bertz CT molecular complexity index is 1490. The van der Waals surface area contributed by atoms with Crippen molar-refractivity contribution in [1.82, 2.24) is 14.1 Å². The SMILES string of the molecule is CCn1cc(-c2nc3cc(Cl)c(Cl)cc3n(CCOCCN)c2=O)c2ccccc21.O=C(O)C(F)(F)F. The summed E-state index contributed by atoms with van der Waals surface area (Å²) in [6.45, 7) is 4.42. The molecule has 0 atom stereocenters. The number of ether oxygens (including phenoxy) is 1. The molecule has 2 aromatic heterocycles. The lowest BCUT2D eigenvalue weighted by Gasteiger charge is -2.13. The van der Waals surface area contributed by atoms with E-state index in [1.807, 2.05) is 30.5 Å². The Hall–Kier alpha value is -3.12. The number of rotatable bonds is 7. The molecular weight excluding hydrogens is 536 g/mol. The number of nitrogens with two attached hydrogens (primary N) is 1. The predicted molar refractivity (Wildman–Crippen MR) is 136 cm³/mol. The molecule has 0 saturated carbocycles. The van der Waals surface area contributed by atoms with Crippen LogP contribution in [-0.4, -0.2) is 51.1 Å². The molecule has 8 nitrogen and oxygen atoms in total. The third-order valence-electron chi connectivity index (χ3n) is 5.34. The first-order chi connectivity index (χ1) is 17.5. The van der Waals surface area contributed by atoms with Gasteiger partial charge in [0.2, 0.25) is 0 Å². The summed E-state index contributed by atoms with van der Waals surface area (Å²) < 4.78 is 41.0. The van der Waals surface area contributed by atoms with Crippen LogP contribution in [0.15, 0.2) is 47.4 Å². The lowest BCUT2D eigenvalue weighted by Crippen LogP contribution is -2.26. The van der Waals surface area contributed by atoms with E-state index >= 15 is 0 Å². The van der Waals surface area contributed by atoms with E-state index in [1.54, 1.807) is 16.7 Å². The molecule has 3 N–H and O–H groups in total. The topological polar surface area (TPSA) is 112 Å². The van der Waals surface area contributed by atoms with E-state index in [0.29, 0.717) is 53.1 Å². The molecule has 0 fully saturated rings. The van der Waals surface area contributed by atoms with Crippen molar-refractivity contribution in [1.29, 1.82) is 0 Å². The molecule has 0 saturated heterocycles. The van der Waals surface area contributed by atoms with Crippen molar-refractivity contribution in [2.45, 2.75) is 26.2 Å². The van der Waals surface area contributed by atoms with E-state index < -0.39 is 12.1 Å². The largest absolute Gasteiger partial charge is 0.490 e. The summed E-state index contributed by atoms with van der Waals surface area (Å²) >= 11 is 12.5. The van der Waals surface area contributed by atoms with Gasteiger partial charge in [-0.15, -0.1) is 0 Å². The first-order valence-electron chi connectivity index (χ1n) is 11.0. The van der Waals surface area contributed by atoms with Gasteiger partial charge in [-0.25, -0.2) is 9.78 Å². The summed E-state index contributed by atoms with van der Waals surface area (Å²) in [4.78, 5) is 27.1. The average Bonchev–Trinajstić information content (AvgIpc) is 3.22. The summed E-state index contributed by atoms with van der Waals surface area (Å²) in [6.07, 6.45) is -3.10. The molecule has 0 radical (unpaired) electrons. The van der Waals surface area contributed by atoms with Crippen LogP contribution >= 0.6 is 23.2 Å². The highest BCUT2D eigenvalue weighted by molar-refractivity contribution is 6.42. The number of hydrogen-bond donors (Lipinski definition) is 2.